The first-order chi connectivity index (χ1) is 9.15. The van der Waals surface area contributed by atoms with E-state index in [0.717, 1.165) is 30.0 Å². The van der Waals surface area contributed by atoms with Crippen LogP contribution in [0.15, 0.2) is 29.4 Å². The van der Waals surface area contributed by atoms with Crippen molar-refractivity contribution in [3.63, 3.8) is 0 Å². The number of amides is 1. The molecule has 1 rings (SSSR count). The number of nitrogens with one attached hydrogen (secondary N) is 2. The minimum atomic E-state index is -0.168. The molecule has 5 heteroatoms. The van der Waals surface area contributed by atoms with Crippen LogP contribution in [-0.2, 0) is 4.79 Å². The van der Waals surface area contributed by atoms with E-state index in [1.807, 2.05) is 31.2 Å². The van der Waals surface area contributed by atoms with Gasteiger partial charge in [0.25, 0.3) is 5.91 Å². The Kier molecular flexibility index (Phi) is 6.43. The van der Waals surface area contributed by atoms with Gasteiger partial charge < -0.3 is 10.1 Å². The highest BCUT2D eigenvalue weighted by Crippen LogP contribution is 2.16. The first kappa shape index (κ1) is 15.0. The van der Waals surface area contributed by atoms with E-state index in [0.29, 0.717) is 0 Å². The molecule has 0 atom stereocenters. The second kappa shape index (κ2) is 8.13. The number of ether oxygens (including phenoxy) is 1. The number of hydrogen-bond acceptors (Lipinski definition) is 4. The minimum absolute atomic E-state index is 0.168. The Morgan fingerprint density at radius 3 is 2.89 bits per heavy atom. The van der Waals surface area contributed by atoms with E-state index < -0.39 is 0 Å². The van der Waals surface area contributed by atoms with Gasteiger partial charge in [-0.25, -0.2) is 5.43 Å². The number of hydrogen-bond donors (Lipinski definition) is 2. The molecule has 0 unspecified atom stereocenters. The van der Waals surface area contributed by atoms with Crippen molar-refractivity contribution in [1.29, 1.82) is 0 Å². The van der Waals surface area contributed by atoms with E-state index in [1.54, 1.807) is 7.11 Å². The van der Waals surface area contributed by atoms with Crippen molar-refractivity contribution in [3.8, 4) is 5.75 Å². The molecule has 5 nitrogen and oxygen atoms in total. The zero-order valence-corrected chi connectivity index (χ0v) is 11.7. The topological polar surface area (TPSA) is 62.7 Å². The molecule has 0 saturated heterocycles. The lowest BCUT2D eigenvalue weighted by Crippen LogP contribution is -2.26. The van der Waals surface area contributed by atoms with Gasteiger partial charge in [0.2, 0.25) is 0 Å². The Bertz CT molecular complexity index is 444. The highest BCUT2D eigenvalue weighted by atomic mass is 16.5. The number of nitrogens with zero attached hydrogens (tertiary/aromatic N) is 1. The smallest absolute Gasteiger partial charge is 0.259 e. The summed E-state index contributed by atoms with van der Waals surface area (Å²) in [5.41, 5.74) is 4.29. The van der Waals surface area contributed by atoms with E-state index in [1.165, 1.54) is 0 Å². The standard InChI is InChI=1S/C14H21N3O2/c1-4-6-11(2)16-17-14(18)10-15-12-7-5-8-13(9-12)19-3/h5,7-9,15H,4,6,10H2,1-3H3,(H,17,18)/b16-11-. The number of carbonyl (C=O) groups is 1. The summed E-state index contributed by atoms with van der Waals surface area (Å²) in [5, 5.41) is 7.03. The van der Waals surface area contributed by atoms with Gasteiger partial charge in [0.05, 0.1) is 13.7 Å². The zero-order chi connectivity index (χ0) is 14.1. The second-order valence-electron chi connectivity index (χ2n) is 4.22. The number of anilines is 1. The minimum Gasteiger partial charge on any atom is -0.497 e. The van der Waals surface area contributed by atoms with Gasteiger partial charge in [-0.15, -0.1) is 0 Å². The molecule has 0 aliphatic heterocycles. The van der Waals surface area contributed by atoms with Crippen molar-refractivity contribution in [2.75, 3.05) is 19.0 Å². The van der Waals surface area contributed by atoms with Gasteiger partial charge in [0.1, 0.15) is 5.75 Å². The van der Waals surface area contributed by atoms with E-state index in [2.05, 4.69) is 22.8 Å². The van der Waals surface area contributed by atoms with Crippen LogP contribution in [-0.4, -0.2) is 25.3 Å². The van der Waals surface area contributed by atoms with Gasteiger partial charge in [-0.2, -0.15) is 5.10 Å². The average Bonchev–Trinajstić information content (AvgIpc) is 2.43. The van der Waals surface area contributed by atoms with Crippen molar-refractivity contribution in [2.24, 2.45) is 5.10 Å². The summed E-state index contributed by atoms with van der Waals surface area (Å²) in [6.45, 7) is 4.15. The molecular formula is C14H21N3O2. The van der Waals surface area contributed by atoms with E-state index >= 15 is 0 Å². The third-order valence-electron chi connectivity index (χ3n) is 2.51. The highest BCUT2D eigenvalue weighted by Gasteiger charge is 2.01. The van der Waals surface area contributed by atoms with Gasteiger partial charge in [0.15, 0.2) is 0 Å². The van der Waals surface area contributed by atoms with Crippen LogP contribution >= 0.6 is 0 Å². The maximum atomic E-state index is 11.6. The summed E-state index contributed by atoms with van der Waals surface area (Å²) >= 11 is 0. The molecule has 104 valence electrons. The number of rotatable bonds is 7. The largest absolute Gasteiger partial charge is 0.497 e. The van der Waals surface area contributed by atoms with Crippen molar-refractivity contribution in [2.45, 2.75) is 26.7 Å². The molecule has 0 aromatic heterocycles. The molecule has 1 aromatic rings. The average molecular weight is 263 g/mol. The first-order valence-electron chi connectivity index (χ1n) is 6.35. The monoisotopic (exact) mass is 263 g/mol. The van der Waals surface area contributed by atoms with E-state index in [4.69, 9.17) is 4.74 Å². The van der Waals surface area contributed by atoms with E-state index in [-0.39, 0.29) is 12.5 Å². The molecule has 1 amide bonds. The highest BCUT2D eigenvalue weighted by molar-refractivity contribution is 5.85. The number of hydrazone groups is 1. The second-order valence-corrected chi connectivity index (χ2v) is 4.22. The van der Waals surface area contributed by atoms with Crippen LogP contribution in [0.3, 0.4) is 0 Å². The number of carbonyl (C=O) groups excluding carboxylic acids is 1. The normalized spacial score (nSPS) is 11.0. The van der Waals surface area contributed by atoms with Crippen LogP contribution in [0.25, 0.3) is 0 Å². The molecule has 19 heavy (non-hydrogen) atoms. The molecule has 1 aromatic carbocycles. The Morgan fingerprint density at radius 2 is 2.21 bits per heavy atom. The molecule has 0 aliphatic carbocycles. The number of methoxy groups -OCH3 is 1. The quantitative estimate of drug-likeness (QED) is 0.586. The maximum absolute atomic E-state index is 11.6. The van der Waals surface area contributed by atoms with Crippen LogP contribution in [0.4, 0.5) is 5.69 Å². The molecule has 0 saturated carbocycles. The van der Waals surface area contributed by atoms with Crippen molar-refractivity contribution in [1.82, 2.24) is 5.43 Å². The number of benzene rings is 1. The Morgan fingerprint density at radius 1 is 1.42 bits per heavy atom. The van der Waals surface area contributed by atoms with Crippen molar-refractivity contribution in [3.05, 3.63) is 24.3 Å². The molecule has 0 aliphatic rings. The van der Waals surface area contributed by atoms with Crippen molar-refractivity contribution < 1.29 is 9.53 Å². The lowest BCUT2D eigenvalue weighted by Gasteiger charge is -2.07. The molecule has 0 fully saturated rings. The Labute approximate surface area is 114 Å². The van der Waals surface area contributed by atoms with Gasteiger partial charge >= 0.3 is 0 Å². The zero-order valence-electron chi connectivity index (χ0n) is 11.7. The Balaban J connectivity index is 2.39. The van der Waals surface area contributed by atoms with Gasteiger partial charge in [-0.1, -0.05) is 19.4 Å². The van der Waals surface area contributed by atoms with Crippen LogP contribution in [0.5, 0.6) is 5.75 Å². The summed E-state index contributed by atoms with van der Waals surface area (Å²) in [4.78, 5) is 11.6. The van der Waals surface area contributed by atoms with Gasteiger partial charge in [-0.05, 0) is 25.5 Å². The fourth-order valence-corrected chi connectivity index (χ4v) is 1.53. The summed E-state index contributed by atoms with van der Waals surface area (Å²) in [7, 11) is 1.61. The lowest BCUT2D eigenvalue weighted by molar-refractivity contribution is -0.119. The maximum Gasteiger partial charge on any atom is 0.259 e. The predicted octanol–water partition coefficient (Wildman–Crippen LogP) is 2.40. The van der Waals surface area contributed by atoms with Crippen LogP contribution in [0, 0.1) is 0 Å². The fourth-order valence-electron chi connectivity index (χ4n) is 1.53. The van der Waals surface area contributed by atoms with Gasteiger partial charge in [-0.3, -0.25) is 4.79 Å². The van der Waals surface area contributed by atoms with Gasteiger partial charge in [0, 0.05) is 17.5 Å². The van der Waals surface area contributed by atoms with E-state index in [9.17, 15) is 4.79 Å². The summed E-state index contributed by atoms with van der Waals surface area (Å²) in [6.07, 6.45) is 1.91. The Hall–Kier alpha value is -2.04. The molecular weight excluding hydrogens is 242 g/mol. The summed E-state index contributed by atoms with van der Waals surface area (Å²) in [6, 6.07) is 7.42. The molecule has 2 N–H and O–H groups in total. The van der Waals surface area contributed by atoms with Crippen LogP contribution < -0.4 is 15.5 Å². The lowest BCUT2D eigenvalue weighted by atomic mass is 10.2. The summed E-state index contributed by atoms with van der Waals surface area (Å²) in [5.74, 6) is 0.584. The molecule has 0 bridgehead atoms. The predicted molar refractivity (Wildman–Crippen MR) is 77.6 cm³/mol. The molecule has 0 radical (unpaired) electrons. The third kappa shape index (κ3) is 5.90. The molecule has 0 spiro atoms. The van der Waals surface area contributed by atoms with Crippen LogP contribution in [0.1, 0.15) is 26.7 Å². The third-order valence-corrected chi connectivity index (χ3v) is 2.51. The van der Waals surface area contributed by atoms with Crippen molar-refractivity contribution >= 4 is 17.3 Å². The van der Waals surface area contributed by atoms with Crippen LogP contribution in [0.2, 0.25) is 0 Å². The first-order valence-corrected chi connectivity index (χ1v) is 6.35. The summed E-state index contributed by atoms with van der Waals surface area (Å²) < 4.78 is 5.11. The molecule has 0 heterocycles. The SMILES string of the molecule is CCC/C(C)=N\NC(=O)CNc1cccc(OC)c1. The fraction of sp³-hybridized carbons (Fsp3) is 0.429.